The molecule has 4 aromatic rings. The van der Waals surface area contributed by atoms with E-state index in [9.17, 15) is 0 Å². The Labute approximate surface area is 212 Å². The highest BCUT2D eigenvalue weighted by Crippen LogP contribution is 2.33. The Morgan fingerprint density at radius 2 is 1.46 bits per heavy atom. The fraction of sp³-hybridized carbons (Fsp3) is 0.154. The predicted octanol–water partition coefficient (Wildman–Crippen LogP) is 5.39. The first-order chi connectivity index (χ1) is 17.3. The van der Waals surface area contributed by atoms with Gasteiger partial charge in [0.2, 0.25) is 17.8 Å². The lowest BCUT2D eigenvalue weighted by molar-refractivity contribution is 0.122. The number of nitrogens with one attached hydrogen (secondary N) is 1. The van der Waals surface area contributed by atoms with E-state index in [4.69, 9.17) is 14.7 Å². The van der Waals surface area contributed by atoms with Crippen LogP contribution in [0.25, 0.3) is 0 Å². The van der Waals surface area contributed by atoms with Gasteiger partial charge in [-0.05, 0) is 42.0 Å². The molecule has 3 aromatic carbocycles. The second kappa shape index (κ2) is 11.1. The van der Waals surface area contributed by atoms with Gasteiger partial charge in [0.1, 0.15) is 0 Å². The molecule has 0 aliphatic carbocycles. The highest BCUT2D eigenvalue weighted by molar-refractivity contribution is 9.10. The highest BCUT2D eigenvalue weighted by atomic mass is 79.9. The molecule has 0 amide bonds. The van der Waals surface area contributed by atoms with Gasteiger partial charge in [0.15, 0.2) is 0 Å². The summed E-state index contributed by atoms with van der Waals surface area (Å²) in [6.45, 7) is 2.68. The molecular weight excluding hydrogens is 506 g/mol. The smallest absolute Gasteiger partial charge is 0.250 e. The second-order valence-electron chi connectivity index (χ2n) is 7.79. The summed E-state index contributed by atoms with van der Waals surface area (Å²) in [5, 5.41) is 4.37. The van der Waals surface area contributed by atoms with E-state index in [-0.39, 0.29) is 0 Å². The molecule has 1 aromatic heterocycles. The molecule has 2 heterocycles. The number of para-hydroxylation sites is 2. The molecule has 0 atom stereocenters. The molecule has 0 saturated carbocycles. The van der Waals surface area contributed by atoms with Crippen molar-refractivity contribution in [2.45, 2.75) is 0 Å². The summed E-state index contributed by atoms with van der Waals surface area (Å²) >= 11 is 3.45. The minimum atomic E-state index is 0.363. The Balaban J connectivity index is 1.53. The minimum absolute atomic E-state index is 0.363. The normalized spacial score (nSPS) is 13.7. The largest absolute Gasteiger partial charge is 0.378 e. The molecule has 9 heteroatoms. The van der Waals surface area contributed by atoms with E-state index in [0.717, 1.165) is 21.4 Å². The summed E-state index contributed by atoms with van der Waals surface area (Å²) in [5.41, 5.74) is 5.85. The molecule has 0 bridgehead atoms. The van der Waals surface area contributed by atoms with Gasteiger partial charge in [-0.25, -0.2) is 5.43 Å². The van der Waals surface area contributed by atoms with Gasteiger partial charge in [-0.1, -0.05) is 64.5 Å². The van der Waals surface area contributed by atoms with E-state index in [1.165, 1.54) is 0 Å². The summed E-state index contributed by atoms with van der Waals surface area (Å²) in [6.07, 6.45) is 1.73. The van der Waals surface area contributed by atoms with E-state index >= 15 is 0 Å². The molecular formula is C26H24BrN7O. The molecule has 35 heavy (non-hydrogen) atoms. The van der Waals surface area contributed by atoms with Crippen molar-refractivity contribution < 1.29 is 4.74 Å². The third-order valence-corrected chi connectivity index (χ3v) is 5.91. The van der Waals surface area contributed by atoms with Crippen LogP contribution in [0.1, 0.15) is 5.56 Å². The first-order valence-corrected chi connectivity index (χ1v) is 12.1. The maximum Gasteiger partial charge on any atom is 0.250 e. The zero-order chi connectivity index (χ0) is 23.9. The number of nitrogens with zero attached hydrogens (tertiary/aromatic N) is 6. The number of aromatic nitrogens is 3. The Bertz CT molecular complexity index is 1220. The first kappa shape index (κ1) is 22.9. The zero-order valence-electron chi connectivity index (χ0n) is 19.0. The first-order valence-electron chi connectivity index (χ1n) is 11.3. The molecule has 1 N–H and O–H groups in total. The van der Waals surface area contributed by atoms with Crippen LogP contribution in [-0.2, 0) is 4.74 Å². The van der Waals surface area contributed by atoms with Crippen LogP contribution in [0.15, 0.2) is 94.5 Å². The minimum Gasteiger partial charge on any atom is -0.378 e. The lowest BCUT2D eigenvalue weighted by Gasteiger charge is -2.28. The van der Waals surface area contributed by atoms with Crippen LogP contribution in [0.4, 0.5) is 29.2 Å². The quantitative estimate of drug-likeness (QED) is 0.254. The Morgan fingerprint density at radius 3 is 2.09 bits per heavy atom. The van der Waals surface area contributed by atoms with Crippen molar-refractivity contribution in [1.29, 1.82) is 0 Å². The third kappa shape index (κ3) is 5.82. The molecule has 5 rings (SSSR count). The molecule has 1 fully saturated rings. The number of anilines is 5. The van der Waals surface area contributed by atoms with Crippen molar-refractivity contribution in [3.8, 4) is 0 Å². The molecule has 1 aliphatic heterocycles. The Hall–Kier alpha value is -3.82. The van der Waals surface area contributed by atoms with Gasteiger partial charge in [-0.2, -0.15) is 20.1 Å². The van der Waals surface area contributed by atoms with E-state index in [0.29, 0.717) is 44.1 Å². The van der Waals surface area contributed by atoms with Crippen LogP contribution < -0.4 is 15.2 Å². The summed E-state index contributed by atoms with van der Waals surface area (Å²) in [6, 6.07) is 28.0. The van der Waals surface area contributed by atoms with Gasteiger partial charge in [-0.15, -0.1) is 0 Å². The number of benzene rings is 3. The number of morpholine rings is 1. The van der Waals surface area contributed by atoms with E-state index in [2.05, 4.69) is 36.3 Å². The van der Waals surface area contributed by atoms with E-state index in [1.807, 2.05) is 89.8 Å². The lowest BCUT2D eigenvalue weighted by Crippen LogP contribution is -2.37. The standard InChI is InChI=1S/C26H24BrN7O/c27-21-13-11-20(12-14-21)19-28-32-24-29-25(33-15-17-35-18-16-33)31-26(30-24)34(22-7-3-1-4-8-22)23-9-5-2-6-10-23/h1-14,19H,15-18H2,(H,29,30,31,32). The van der Waals surface area contributed by atoms with Crippen molar-refractivity contribution in [2.24, 2.45) is 5.10 Å². The summed E-state index contributed by atoms with van der Waals surface area (Å²) in [5.74, 6) is 1.44. The number of halogens is 1. The Kier molecular flexibility index (Phi) is 7.26. The summed E-state index contributed by atoms with van der Waals surface area (Å²) in [4.78, 5) is 18.4. The average molecular weight is 530 g/mol. The fourth-order valence-electron chi connectivity index (χ4n) is 3.66. The summed E-state index contributed by atoms with van der Waals surface area (Å²) in [7, 11) is 0. The number of hydrazone groups is 1. The van der Waals surface area contributed by atoms with Crippen LogP contribution >= 0.6 is 15.9 Å². The fourth-order valence-corrected chi connectivity index (χ4v) is 3.92. The van der Waals surface area contributed by atoms with Crippen LogP contribution in [0.2, 0.25) is 0 Å². The van der Waals surface area contributed by atoms with Gasteiger partial charge in [0.05, 0.1) is 19.4 Å². The number of ether oxygens (including phenoxy) is 1. The highest BCUT2D eigenvalue weighted by Gasteiger charge is 2.21. The number of hydrogen-bond acceptors (Lipinski definition) is 8. The molecule has 0 radical (unpaired) electrons. The van der Waals surface area contributed by atoms with E-state index < -0.39 is 0 Å². The molecule has 0 spiro atoms. The van der Waals surface area contributed by atoms with Crippen molar-refractivity contribution in [1.82, 2.24) is 15.0 Å². The third-order valence-electron chi connectivity index (χ3n) is 5.38. The van der Waals surface area contributed by atoms with Gasteiger partial charge in [0.25, 0.3) is 0 Å². The van der Waals surface area contributed by atoms with Gasteiger partial charge >= 0.3 is 0 Å². The Morgan fingerprint density at radius 1 is 0.829 bits per heavy atom. The van der Waals surface area contributed by atoms with Crippen molar-refractivity contribution in [3.63, 3.8) is 0 Å². The monoisotopic (exact) mass is 529 g/mol. The molecule has 0 unspecified atom stereocenters. The maximum absolute atomic E-state index is 5.52. The SMILES string of the molecule is Brc1ccc(C=NNc2nc(N3CCOCC3)nc(N(c3ccccc3)c3ccccc3)n2)cc1. The van der Waals surface area contributed by atoms with Crippen LogP contribution in [0.5, 0.6) is 0 Å². The van der Waals surface area contributed by atoms with Crippen LogP contribution in [0.3, 0.4) is 0 Å². The lowest BCUT2D eigenvalue weighted by atomic mass is 10.2. The van der Waals surface area contributed by atoms with E-state index in [1.54, 1.807) is 6.21 Å². The van der Waals surface area contributed by atoms with Crippen LogP contribution in [-0.4, -0.2) is 47.5 Å². The van der Waals surface area contributed by atoms with Gasteiger partial charge < -0.3 is 9.64 Å². The van der Waals surface area contributed by atoms with Crippen molar-refractivity contribution in [2.75, 3.05) is 41.5 Å². The topological polar surface area (TPSA) is 78.8 Å². The van der Waals surface area contributed by atoms with Gasteiger partial charge in [0, 0.05) is 28.9 Å². The molecule has 1 saturated heterocycles. The molecule has 176 valence electrons. The maximum atomic E-state index is 5.52. The molecule has 1 aliphatic rings. The van der Waals surface area contributed by atoms with Crippen molar-refractivity contribution >= 4 is 51.4 Å². The van der Waals surface area contributed by atoms with Crippen molar-refractivity contribution in [3.05, 3.63) is 95.0 Å². The van der Waals surface area contributed by atoms with Gasteiger partial charge in [-0.3, -0.25) is 4.90 Å². The number of rotatable bonds is 7. The summed E-state index contributed by atoms with van der Waals surface area (Å²) < 4.78 is 6.54. The predicted molar refractivity (Wildman–Crippen MR) is 143 cm³/mol. The van der Waals surface area contributed by atoms with Crippen LogP contribution in [0, 0.1) is 0 Å². The molecule has 8 nitrogen and oxygen atoms in total. The zero-order valence-corrected chi connectivity index (χ0v) is 20.5. The second-order valence-corrected chi connectivity index (χ2v) is 8.70. The number of hydrogen-bond donors (Lipinski definition) is 1. The average Bonchev–Trinajstić information content (AvgIpc) is 2.92.